The second-order valence-corrected chi connectivity index (χ2v) is 8.19. The summed E-state index contributed by atoms with van der Waals surface area (Å²) >= 11 is 1.35. The predicted octanol–water partition coefficient (Wildman–Crippen LogP) is 4.41. The molecule has 1 atom stereocenters. The van der Waals surface area contributed by atoms with Crippen LogP contribution in [0.4, 0.5) is 5.82 Å². The van der Waals surface area contributed by atoms with E-state index < -0.39 is 0 Å². The Morgan fingerprint density at radius 1 is 1.34 bits per heavy atom. The lowest BCUT2D eigenvalue weighted by molar-refractivity contribution is 0.0531. The highest BCUT2D eigenvalue weighted by Gasteiger charge is 2.25. The molecule has 4 rings (SSSR count). The van der Waals surface area contributed by atoms with Crippen molar-refractivity contribution in [2.45, 2.75) is 39.2 Å². The molecular formula is C21H26N4O3S. The van der Waals surface area contributed by atoms with Crippen LogP contribution >= 0.6 is 11.3 Å². The van der Waals surface area contributed by atoms with Crippen molar-refractivity contribution in [3.05, 3.63) is 40.9 Å². The Labute approximate surface area is 174 Å². The average molecular weight is 415 g/mol. The molecular weight excluding hydrogens is 388 g/mol. The highest BCUT2D eigenvalue weighted by atomic mass is 32.1. The Morgan fingerprint density at radius 2 is 2.17 bits per heavy atom. The maximum absolute atomic E-state index is 12.3. The summed E-state index contributed by atoms with van der Waals surface area (Å²) in [6.45, 7) is 6.89. The number of anilines is 1. The summed E-state index contributed by atoms with van der Waals surface area (Å²) in [6.07, 6.45) is 6.97. The molecule has 1 unspecified atom stereocenters. The van der Waals surface area contributed by atoms with Crippen molar-refractivity contribution < 1.29 is 13.9 Å². The van der Waals surface area contributed by atoms with Crippen LogP contribution in [-0.2, 0) is 4.74 Å². The number of fused-ring (bicyclic) bond motifs is 1. The fourth-order valence-corrected chi connectivity index (χ4v) is 4.95. The van der Waals surface area contributed by atoms with Crippen molar-refractivity contribution in [3.63, 3.8) is 0 Å². The molecule has 0 radical (unpaired) electrons. The zero-order valence-corrected chi connectivity index (χ0v) is 17.6. The van der Waals surface area contributed by atoms with E-state index in [0.717, 1.165) is 40.4 Å². The number of rotatable bonds is 7. The molecule has 3 aromatic rings. The van der Waals surface area contributed by atoms with E-state index in [-0.39, 0.29) is 12.0 Å². The number of carbonyl (C=O) groups excluding carboxylic acids is 1. The summed E-state index contributed by atoms with van der Waals surface area (Å²) in [5, 5.41) is 4.39. The molecule has 0 aliphatic carbocycles. The maximum Gasteiger partial charge on any atom is 0.348 e. The highest BCUT2D eigenvalue weighted by Crippen LogP contribution is 2.34. The van der Waals surface area contributed by atoms with E-state index in [0.29, 0.717) is 18.0 Å². The van der Waals surface area contributed by atoms with Crippen molar-refractivity contribution in [1.82, 2.24) is 14.9 Å². The summed E-state index contributed by atoms with van der Waals surface area (Å²) in [5.74, 6) is 1.40. The van der Waals surface area contributed by atoms with Crippen LogP contribution < -0.4 is 5.32 Å². The van der Waals surface area contributed by atoms with Crippen molar-refractivity contribution in [2.75, 3.05) is 31.6 Å². The molecule has 0 aromatic carbocycles. The Hall–Kier alpha value is -2.45. The minimum Gasteiger partial charge on any atom is -0.468 e. The second kappa shape index (κ2) is 8.92. The van der Waals surface area contributed by atoms with E-state index >= 15 is 0 Å². The van der Waals surface area contributed by atoms with Crippen molar-refractivity contribution >= 4 is 33.3 Å². The number of nitrogens with zero attached hydrogens (tertiary/aromatic N) is 3. The van der Waals surface area contributed by atoms with Gasteiger partial charge in [0.05, 0.1) is 24.3 Å². The summed E-state index contributed by atoms with van der Waals surface area (Å²) in [5.41, 5.74) is 0.860. The van der Waals surface area contributed by atoms with Gasteiger partial charge >= 0.3 is 5.97 Å². The molecule has 7 nitrogen and oxygen atoms in total. The average Bonchev–Trinajstić information content (AvgIpc) is 3.38. The summed E-state index contributed by atoms with van der Waals surface area (Å²) in [7, 11) is 0. The Bertz CT molecular complexity index is 964. The van der Waals surface area contributed by atoms with Crippen LogP contribution in [0, 0.1) is 6.92 Å². The largest absolute Gasteiger partial charge is 0.468 e. The third-order valence-electron chi connectivity index (χ3n) is 5.35. The lowest BCUT2D eigenvalue weighted by Crippen LogP contribution is -2.37. The molecule has 1 aliphatic rings. The molecule has 0 amide bonds. The van der Waals surface area contributed by atoms with Crippen LogP contribution in [0.15, 0.2) is 29.1 Å². The topological polar surface area (TPSA) is 80.5 Å². The SMILES string of the molecule is CCOC(=O)c1sc2ncnc(NCC(c3ccco3)N3CCCCC3)c2c1C. The number of hydrogen-bond donors (Lipinski definition) is 1. The zero-order chi connectivity index (χ0) is 20.2. The molecule has 0 bridgehead atoms. The van der Waals surface area contributed by atoms with Crippen LogP contribution in [0.5, 0.6) is 0 Å². The number of piperidine rings is 1. The zero-order valence-electron chi connectivity index (χ0n) is 16.8. The van der Waals surface area contributed by atoms with Gasteiger partial charge in [-0.25, -0.2) is 14.8 Å². The molecule has 8 heteroatoms. The number of aromatic nitrogens is 2. The van der Waals surface area contributed by atoms with E-state index in [4.69, 9.17) is 9.15 Å². The van der Waals surface area contributed by atoms with E-state index in [1.54, 1.807) is 12.6 Å². The molecule has 1 aliphatic heterocycles. The number of nitrogens with one attached hydrogen (secondary N) is 1. The van der Waals surface area contributed by atoms with Gasteiger partial charge in [0, 0.05) is 6.54 Å². The normalized spacial score (nSPS) is 16.1. The first-order valence-electron chi connectivity index (χ1n) is 10.1. The Kier molecular flexibility index (Phi) is 6.10. The van der Waals surface area contributed by atoms with E-state index in [2.05, 4.69) is 20.2 Å². The van der Waals surface area contributed by atoms with Crippen molar-refractivity contribution in [3.8, 4) is 0 Å². The number of hydrogen-bond acceptors (Lipinski definition) is 8. The monoisotopic (exact) mass is 414 g/mol. The van der Waals surface area contributed by atoms with Gasteiger partial charge in [-0.1, -0.05) is 6.42 Å². The van der Waals surface area contributed by atoms with Crippen LogP contribution in [0.2, 0.25) is 0 Å². The fraction of sp³-hybridized carbons (Fsp3) is 0.476. The first-order chi connectivity index (χ1) is 14.2. The van der Waals surface area contributed by atoms with Crippen molar-refractivity contribution in [1.29, 1.82) is 0 Å². The second-order valence-electron chi connectivity index (χ2n) is 7.19. The number of aryl methyl sites for hydroxylation is 1. The Morgan fingerprint density at radius 3 is 2.90 bits per heavy atom. The molecule has 154 valence electrons. The Balaban J connectivity index is 1.60. The van der Waals surface area contributed by atoms with Crippen LogP contribution in [0.25, 0.3) is 10.2 Å². The molecule has 0 spiro atoms. The third-order valence-corrected chi connectivity index (χ3v) is 6.53. The van der Waals surface area contributed by atoms with Crippen LogP contribution in [0.1, 0.15) is 53.2 Å². The minimum atomic E-state index is -0.305. The lowest BCUT2D eigenvalue weighted by atomic mass is 10.1. The van der Waals surface area contributed by atoms with Crippen LogP contribution in [-0.4, -0.2) is 47.1 Å². The molecule has 0 saturated carbocycles. The molecule has 1 fully saturated rings. The number of ether oxygens (including phenoxy) is 1. The van der Waals surface area contributed by atoms with E-state index in [1.165, 1.54) is 30.6 Å². The third kappa shape index (κ3) is 4.13. The van der Waals surface area contributed by atoms with Gasteiger partial charge < -0.3 is 14.5 Å². The maximum atomic E-state index is 12.3. The van der Waals surface area contributed by atoms with Gasteiger partial charge in [0.25, 0.3) is 0 Å². The predicted molar refractivity (Wildman–Crippen MR) is 113 cm³/mol. The van der Waals surface area contributed by atoms with Gasteiger partial charge in [-0.15, -0.1) is 11.3 Å². The highest BCUT2D eigenvalue weighted by molar-refractivity contribution is 7.20. The quantitative estimate of drug-likeness (QED) is 0.574. The van der Waals surface area contributed by atoms with Gasteiger partial charge in [0.15, 0.2) is 0 Å². The van der Waals surface area contributed by atoms with Crippen LogP contribution in [0.3, 0.4) is 0 Å². The molecule has 1 N–H and O–H groups in total. The van der Waals surface area contributed by atoms with Gasteiger partial charge in [-0.3, -0.25) is 4.90 Å². The number of likely N-dealkylation sites (tertiary alicyclic amines) is 1. The van der Waals surface area contributed by atoms with Gasteiger partial charge in [-0.2, -0.15) is 0 Å². The first kappa shape index (κ1) is 19.8. The standard InChI is InChI=1S/C21H26N4O3S/c1-3-27-21(26)18-14(2)17-19(23-13-24-20(17)29-18)22-12-15(16-8-7-11-28-16)25-9-5-4-6-10-25/h7-8,11,13,15H,3-6,9-10,12H2,1-2H3,(H,22,23,24). The number of esters is 1. The molecule has 29 heavy (non-hydrogen) atoms. The van der Waals surface area contributed by atoms with E-state index in [9.17, 15) is 4.79 Å². The van der Waals surface area contributed by atoms with Crippen molar-refractivity contribution in [2.24, 2.45) is 0 Å². The number of carbonyl (C=O) groups is 1. The molecule has 3 aromatic heterocycles. The lowest BCUT2D eigenvalue weighted by Gasteiger charge is -2.33. The summed E-state index contributed by atoms with van der Waals surface area (Å²) in [4.78, 5) is 25.0. The smallest absolute Gasteiger partial charge is 0.348 e. The summed E-state index contributed by atoms with van der Waals surface area (Å²) in [6, 6.07) is 4.11. The fourth-order valence-electron chi connectivity index (χ4n) is 3.91. The van der Waals surface area contributed by atoms with Gasteiger partial charge in [0.2, 0.25) is 0 Å². The van der Waals surface area contributed by atoms with Gasteiger partial charge in [-0.05, 0) is 57.5 Å². The van der Waals surface area contributed by atoms with Gasteiger partial charge in [0.1, 0.15) is 27.6 Å². The molecule has 1 saturated heterocycles. The van der Waals surface area contributed by atoms with E-state index in [1.807, 2.05) is 26.0 Å². The number of furan rings is 1. The summed E-state index contributed by atoms with van der Waals surface area (Å²) < 4.78 is 10.9. The number of thiophene rings is 1. The first-order valence-corrected chi connectivity index (χ1v) is 10.9. The minimum absolute atomic E-state index is 0.138. The molecule has 4 heterocycles.